The first-order chi connectivity index (χ1) is 8.11. The van der Waals surface area contributed by atoms with E-state index in [1.54, 1.807) is 20.1 Å². The maximum atomic E-state index is 10.9. The van der Waals surface area contributed by atoms with Crippen molar-refractivity contribution in [3.8, 4) is 17.1 Å². The molecule has 17 heavy (non-hydrogen) atoms. The Morgan fingerprint density at radius 2 is 2.12 bits per heavy atom. The van der Waals surface area contributed by atoms with Crippen molar-refractivity contribution in [2.45, 2.75) is 6.92 Å². The molecular weight excluding hydrogens is 220 g/mol. The second-order valence-electron chi connectivity index (χ2n) is 3.62. The summed E-state index contributed by atoms with van der Waals surface area (Å²) >= 11 is 0. The van der Waals surface area contributed by atoms with E-state index in [2.05, 4.69) is 0 Å². The number of hydrogen-bond donors (Lipinski definition) is 1. The quantitative estimate of drug-likeness (QED) is 0.883. The number of carbonyl (C=O) groups is 1. The lowest BCUT2D eigenvalue weighted by molar-refractivity contribution is 0.0695. The molecular formula is C13H12O4. The molecule has 4 nitrogen and oxygen atoms in total. The molecule has 2 rings (SSSR count). The Labute approximate surface area is 98.4 Å². The molecule has 1 aromatic carbocycles. The van der Waals surface area contributed by atoms with Crippen LogP contribution < -0.4 is 4.74 Å². The van der Waals surface area contributed by atoms with Gasteiger partial charge in [-0.3, -0.25) is 0 Å². The predicted molar refractivity (Wildman–Crippen MR) is 62.4 cm³/mol. The van der Waals surface area contributed by atoms with Crippen LogP contribution in [0.5, 0.6) is 5.75 Å². The topological polar surface area (TPSA) is 59.7 Å². The second kappa shape index (κ2) is 4.33. The number of furan rings is 1. The molecule has 0 saturated carbocycles. The lowest BCUT2D eigenvalue weighted by Gasteiger charge is -2.01. The van der Waals surface area contributed by atoms with Crippen LogP contribution in [0.2, 0.25) is 0 Å². The minimum absolute atomic E-state index is 0.183. The van der Waals surface area contributed by atoms with Crippen LogP contribution in [0.25, 0.3) is 11.3 Å². The Morgan fingerprint density at radius 1 is 1.35 bits per heavy atom. The Balaban J connectivity index is 2.46. The summed E-state index contributed by atoms with van der Waals surface area (Å²) in [5, 5.41) is 8.94. The normalized spacial score (nSPS) is 10.2. The summed E-state index contributed by atoms with van der Waals surface area (Å²) in [7, 11) is 1.58. The van der Waals surface area contributed by atoms with Crippen molar-refractivity contribution in [1.29, 1.82) is 0 Å². The van der Waals surface area contributed by atoms with E-state index in [0.29, 0.717) is 17.3 Å². The summed E-state index contributed by atoms with van der Waals surface area (Å²) < 4.78 is 10.5. The first kappa shape index (κ1) is 11.3. The molecule has 0 amide bonds. The minimum atomic E-state index is -0.986. The van der Waals surface area contributed by atoms with Crippen LogP contribution in [0.15, 0.2) is 34.7 Å². The van der Waals surface area contributed by atoms with Gasteiger partial charge >= 0.3 is 5.97 Å². The molecule has 0 aliphatic heterocycles. The number of ether oxygens (including phenoxy) is 1. The zero-order valence-corrected chi connectivity index (χ0v) is 9.56. The molecule has 88 valence electrons. The first-order valence-electron chi connectivity index (χ1n) is 5.10. The summed E-state index contributed by atoms with van der Waals surface area (Å²) in [5.41, 5.74) is 0.975. The van der Waals surface area contributed by atoms with Crippen molar-refractivity contribution in [3.05, 3.63) is 41.7 Å². The summed E-state index contributed by atoms with van der Waals surface area (Å²) in [6.07, 6.45) is 0. The molecule has 1 N–H and O–H groups in total. The van der Waals surface area contributed by atoms with Gasteiger partial charge in [0.25, 0.3) is 0 Å². The maximum Gasteiger partial charge on any atom is 0.339 e. The van der Waals surface area contributed by atoms with E-state index in [4.69, 9.17) is 14.3 Å². The average Bonchev–Trinajstić information content (AvgIpc) is 2.71. The fourth-order valence-corrected chi connectivity index (χ4v) is 1.61. The van der Waals surface area contributed by atoms with Gasteiger partial charge in [-0.15, -0.1) is 0 Å². The first-order valence-corrected chi connectivity index (χ1v) is 5.10. The number of rotatable bonds is 3. The van der Waals surface area contributed by atoms with E-state index in [-0.39, 0.29) is 5.56 Å². The standard InChI is InChI=1S/C13H12O4/c1-8-11(13(14)15)7-12(17-8)9-4-3-5-10(6-9)16-2/h3-7H,1-2H3,(H,14,15). The highest BCUT2D eigenvalue weighted by Gasteiger charge is 2.14. The largest absolute Gasteiger partial charge is 0.497 e. The highest BCUT2D eigenvalue weighted by molar-refractivity contribution is 5.90. The van der Waals surface area contributed by atoms with Crippen LogP contribution in [0.4, 0.5) is 0 Å². The van der Waals surface area contributed by atoms with Gasteiger partial charge in [-0.25, -0.2) is 4.79 Å². The number of carboxylic acid groups (broad SMARTS) is 1. The monoisotopic (exact) mass is 232 g/mol. The van der Waals surface area contributed by atoms with Crippen LogP contribution in [-0.4, -0.2) is 18.2 Å². The highest BCUT2D eigenvalue weighted by Crippen LogP contribution is 2.27. The van der Waals surface area contributed by atoms with E-state index in [1.807, 2.05) is 18.2 Å². The van der Waals surface area contributed by atoms with Crippen molar-refractivity contribution < 1.29 is 19.1 Å². The third-order valence-electron chi connectivity index (χ3n) is 2.50. The molecule has 0 saturated heterocycles. The molecule has 0 spiro atoms. The van der Waals surface area contributed by atoms with Crippen LogP contribution >= 0.6 is 0 Å². The Hall–Kier alpha value is -2.23. The molecule has 2 aromatic rings. The maximum absolute atomic E-state index is 10.9. The van der Waals surface area contributed by atoms with Crippen molar-refractivity contribution in [1.82, 2.24) is 0 Å². The fourth-order valence-electron chi connectivity index (χ4n) is 1.61. The number of carboxylic acids is 1. The highest BCUT2D eigenvalue weighted by atomic mass is 16.5. The number of benzene rings is 1. The fraction of sp³-hybridized carbons (Fsp3) is 0.154. The third-order valence-corrected chi connectivity index (χ3v) is 2.50. The SMILES string of the molecule is COc1cccc(-c2cc(C(=O)O)c(C)o2)c1. The average molecular weight is 232 g/mol. The zero-order valence-electron chi connectivity index (χ0n) is 9.56. The van der Waals surface area contributed by atoms with Gasteiger partial charge in [-0.2, -0.15) is 0 Å². The molecule has 0 aliphatic carbocycles. The number of aromatic carboxylic acids is 1. The number of methoxy groups -OCH3 is 1. The van der Waals surface area contributed by atoms with E-state index in [0.717, 1.165) is 5.56 Å². The summed E-state index contributed by atoms with van der Waals surface area (Å²) in [4.78, 5) is 10.9. The van der Waals surface area contributed by atoms with Crippen molar-refractivity contribution in [3.63, 3.8) is 0 Å². The van der Waals surface area contributed by atoms with Crippen LogP contribution in [-0.2, 0) is 0 Å². The van der Waals surface area contributed by atoms with Gasteiger partial charge in [0.15, 0.2) is 0 Å². The lowest BCUT2D eigenvalue weighted by Crippen LogP contribution is -1.94. The molecule has 0 radical (unpaired) electrons. The van der Waals surface area contributed by atoms with Gasteiger partial charge in [0.2, 0.25) is 0 Å². The zero-order chi connectivity index (χ0) is 12.4. The molecule has 4 heteroatoms. The third kappa shape index (κ3) is 2.15. The summed E-state index contributed by atoms with van der Waals surface area (Å²) in [5.74, 6) is 0.642. The van der Waals surface area contributed by atoms with Crippen LogP contribution in [0.1, 0.15) is 16.1 Å². The van der Waals surface area contributed by atoms with E-state index in [1.165, 1.54) is 6.07 Å². The van der Waals surface area contributed by atoms with Gasteiger partial charge in [0.1, 0.15) is 22.8 Å². The van der Waals surface area contributed by atoms with Crippen molar-refractivity contribution in [2.24, 2.45) is 0 Å². The molecule has 1 heterocycles. The molecule has 0 atom stereocenters. The predicted octanol–water partition coefficient (Wildman–Crippen LogP) is 2.96. The van der Waals surface area contributed by atoms with E-state index < -0.39 is 5.97 Å². The minimum Gasteiger partial charge on any atom is -0.497 e. The Kier molecular flexibility index (Phi) is 2.87. The van der Waals surface area contributed by atoms with Gasteiger partial charge in [0, 0.05) is 5.56 Å². The number of aryl methyl sites for hydroxylation is 1. The lowest BCUT2D eigenvalue weighted by atomic mass is 10.1. The van der Waals surface area contributed by atoms with Gasteiger partial charge in [-0.1, -0.05) is 12.1 Å². The Bertz CT molecular complexity index is 554. The smallest absolute Gasteiger partial charge is 0.339 e. The van der Waals surface area contributed by atoms with Gasteiger partial charge in [0.05, 0.1) is 7.11 Å². The number of hydrogen-bond acceptors (Lipinski definition) is 3. The van der Waals surface area contributed by atoms with Gasteiger partial charge < -0.3 is 14.3 Å². The van der Waals surface area contributed by atoms with E-state index >= 15 is 0 Å². The second-order valence-corrected chi connectivity index (χ2v) is 3.62. The summed E-state index contributed by atoms with van der Waals surface area (Å²) in [6.45, 7) is 1.63. The van der Waals surface area contributed by atoms with Crippen molar-refractivity contribution >= 4 is 5.97 Å². The van der Waals surface area contributed by atoms with Gasteiger partial charge in [-0.05, 0) is 25.1 Å². The van der Waals surface area contributed by atoms with Crippen molar-refractivity contribution in [2.75, 3.05) is 7.11 Å². The molecule has 1 aromatic heterocycles. The van der Waals surface area contributed by atoms with E-state index in [9.17, 15) is 4.79 Å². The van der Waals surface area contributed by atoms with Crippen LogP contribution in [0.3, 0.4) is 0 Å². The molecule has 0 bridgehead atoms. The molecule has 0 aliphatic rings. The molecule has 0 unspecified atom stereocenters. The molecule has 0 fully saturated rings. The Morgan fingerprint density at radius 3 is 2.71 bits per heavy atom. The van der Waals surface area contributed by atoms with Crippen LogP contribution in [0, 0.1) is 6.92 Å². The summed E-state index contributed by atoms with van der Waals surface area (Å²) in [6, 6.07) is 8.80.